The molecule has 320 valence electrons. The van der Waals surface area contributed by atoms with E-state index in [0.29, 0.717) is 23.3 Å². The molecule has 2 bridgehead atoms. The molecule has 4 fully saturated rings. The van der Waals surface area contributed by atoms with Gasteiger partial charge in [0.25, 0.3) is 5.91 Å². The second kappa shape index (κ2) is 19.7. The number of carbonyl (C=O) groups is 5. The van der Waals surface area contributed by atoms with E-state index >= 15 is 0 Å². The molecule has 0 spiro atoms. The zero-order valence-electron chi connectivity index (χ0n) is 34.0. The molecule has 5 heterocycles. The Bertz CT molecular complexity index is 1750. The van der Waals surface area contributed by atoms with Gasteiger partial charge in [-0.15, -0.1) is 11.3 Å². The van der Waals surface area contributed by atoms with Crippen LogP contribution in [0.3, 0.4) is 0 Å². The molecule has 3 aliphatic heterocycles. The van der Waals surface area contributed by atoms with Gasteiger partial charge in [-0.2, -0.15) is 13.2 Å². The molecule has 1 aliphatic carbocycles. The van der Waals surface area contributed by atoms with E-state index in [1.807, 2.05) is 13.8 Å². The Balaban J connectivity index is 1.28. The molecule has 1 saturated carbocycles. The third-order valence-corrected chi connectivity index (χ3v) is 12.8. The van der Waals surface area contributed by atoms with Crippen molar-refractivity contribution in [3.8, 4) is 0 Å². The van der Waals surface area contributed by atoms with Gasteiger partial charge < -0.3 is 25.0 Å². The predicted octanol–water partition coefficient (Wildman–Crippen LogP) is 5.13. The number of fused-ring (bicyclic) bond motifs is 3. The number of hydrogen-bond donors (Lipinski definition) is 2. The van der Waals surface area contributed by atoms with Crippen LogP contribution in [0.4, 0.5) is 13.2 Å². The highest BCUT2D eigenvalue weighted by atomic mass is 32.1. The molecule has 6 atom stereocenters. The minimum atomic E-state index is -4.58. The molecule has 18 heteroatoms. The fraction of sp³-hybridized carbons (Fsp3) is 0.700. The summed E-state index contributed by atoms with van der Waals surface area (Å²) < 4.78 is 49.7. The molecule has 3 amide bonds. The first-order valence-corrected chi connectivity index (χ1v) is 21.0. The van der Waals surface area contributed by atoms with Gasteiger partial charge in [0.1, 0.15) is 22.6 Å². The Kier molecular flexibility index (Phi) is 15.3. The zero-order valence-corrected chi connectivity index (χ0v) is 34.9. The Morgan fingerprint density at radius 3 is 2.22 bits per heavy atom. The molecule has 58 heavy (non-hydrogen) atoms. The van der Waals surface area contributed by atoms with Crippen LogP contribution in [0.1, 0.15) is 118 Å². The molecule has 0 radical (unpaired) electrons. The lowest BCUT2D eigenvalue weighted by molar-refractivity contribution is -0.149. The molecule has 2 aromatic heterocycles. The summed E-state index contributed by atoms with van der Waals surface area (Å²) in [5, 5.41) is 7.90. The largest absolute Gasteiger partial charge is 0.469 e. The van der Waals surface area contributed by atoms with Crippen molar-refractivity contribution in [1.29, 1.82) is 0 Å². The van der Waals surface area contributed by atoms with Gasteiger partial charge in [0.2, 0.25) is 11.8 Å². The molecule has 4 aliphatic rings. The fourth-order valence-electron chi connectivity index (χ4n) is 8.23. The SMILES string of the molecule is COC(=O)[C@@H](C)C[C@H](CCc1ncc(C(F)(F)F)cn1)NC(=O)c1csc([C@@H](C[C@H](C(C)C)N(C)C(=O)[C@@H](NC(=O)[C@H]2CC3CCN2CC3)C2CCC2)OC(C)=O)n1. The predicted molar refractivity (Wildman–Crippen MR) is 207 cm³/mol. The van der Waals surface area contributed by atoms with Gasteiger partial charge in [0.15, 0.2) is 6.10 Å². The number of halogens is 3. The van der Waals surface area contributed by atoms with E-state index in [0.717, 1.165) is 63.0 Å². The first-order chi connectivity index (χ1) is 27.4. The van der Waals surface area contributed by atoms with Gasteiger partial charge in [-0.25, -0.2) is 15.0 Å². The van der Waals surface area contributed by atoms with Crippen LogP contribution in [0.15, 0.2) is 17.8 Å². The highest BCUT2D eigenvalue weighted by Gasteiger charge is 2.43. The molecular formula is C40H56F3N7O7S. The second-order valence-electron chi connectivity index (χ2n) is 16.3. The summed E-state index contributed by atoms with van der Waals surface area (Å²) in [4.78, 5) is 82.3. The maximum atomic E-state index is 14.3. The molecule has 3 saturated heterocycles. The van der Waals surface area contributed by atoms with E-state index in [1.165, 1.54) is 19.4 Å². The third-order valence-electron chi connectivity index (χ3n) is 11.9. The van der Waals surface area contributed by atoms with Crippen LogP contribution in [0.25, 0.3) is 0 Å². The molecule has 2 N–H and O–H groups in total. The number of aryl methyl sites for hydroxylation is 1. The van der Waals surface area contributed by atoms with E-state index in [1.54, 1.807) is 18.9 Å². The Morgan fingerprint density at radius 1 is 1.02 bits per heavy atom. The van der Waals surface area contributed by atoms with Crippen LogP contribution in [0.2, 0.25) is 0 Å². The number of rotatable bonds is 18. The number of esters is 2. The molecule has 0 unspecified atom stereocenters. The molecular weight excluding hydrogens is 780 g/mol. The first kappa shape index (κ1) is 44.9. The lowest BCUT2D eigenvalue weighted by Crippen LogP contribution is -2.61. The number of nitrogens with one attached hydrogen (secondary N) is 2. The second-order valence-corrected chi connectivity index (χ2v) is 17.2. The van der Waals surface area contributed by atoms with Crippen LogP contribution >= 0.6 is 11.3 Å². The third kappa shape index (κ3) is 11.5. The lowest BCUT2D eigenvalue weighted by atomic mass is 9.78. The quantitative estimate of drug-likeness (QED) is 0.191. The molecule has 2 aromatic rings. The smallest absolute Gasteiger partial charge is 0.419 e. The van der Waals surface area contributed by atoms with E-state index in [-0.39, 0.29) is 66.9 Å². The number of nitrogens with zero attached hydrogens (tertiary/aromatic N) is 5. The standard InChI is InChI=1S/C40H56F3N7O7S/c1-22(2)30(49(5)38(54)34(26-8-7-9-26)48-36(53)31-17-25-12-14-50(31)15-13-25)18-32(57-24(4)51)37-47-29(21-58-37)35(52)46-28(16-23(3)39(55)56-6)10-11-33-44-19-27(20-45-33)40(41,42)43/h19-23,25-26,28,30-32,34H,7-18H2,1-6H3,(H,46,52)(H,48,53)/t23-,28-,30+,31+,32+,34-/m0/s1. The monoisotopic (exact) mass is 835 g/mol. The molecule has 0 aromatic carbocycles. The van der Waals surface area contributed by atoms with E-state index < -0.39 is 59.7 Å². The Morgan fingerprint density at radius 2 is 1.69 bits per heavy atom. The van der Waals surface area contributed by atoms with Crippen LogP contribution in [0.5, 0.6) is 0 Å². The normalized spacial score (nSPS) is 21.9. The highest BCUT2D eigenvalue weighted by Crippen LogP contribution is 2.36. The van der Waals surface area contributed by atoms with Crippen molar-refractivity contribution in [3.63, 3.8) is 0 Å². The number of hydrogen-bond acceptors (Lipinski definition) is 12. The highest BCUT2D eigenvalue weighted by molar-refractivity contribution is 7.09. The van der Waals surface area contributed by atoms with Crippen molar-refractivity contribution in [3.05, 3.63) is 39.9 Å². The van der Waals surface area contributed by atoms with E-state index in [4.69, 9.17) is 9.47 Å². The number of ether oxygens (including phenoxy) is 2. The van der Waals surface area contributed by atoms with Crippen LogP contribution < -0.4 is 10.6 Å². The molecule has 14 nitrogen and oxygen atoms in total. The van der Waals surface area contributed by atoms with Gasteiger partial charge in [-0.05, 0) is 75.8 Å². The first-order valence-electron chi connectivity index (χ1n) is 20.2. The van der Waals surface area contributed by atoms with Crippen molar-refractivity contribution in [2.45, 2.75) is 128 Å². The summed E-state index contributed by atoms with van der Waals surface area (Å²) in [5.74, 6) is -1.92. The van der Waals surface area contributed by atoms with Crippen molar-refractivity contribution in [2.24, 2.45) is 23.7 Å². The Hall–Kier alpha value is -4.19. The summed E-state index contributed by atoms with van der Waals surface area (Å²) in [5.41, 5.74) is -0.949. The van der Waals surface area contributed by atoms with Crippen LogP contribution in [-0.2, 0) is 41.2 Å². The number of amides is 3. The van der Waals surface area contributed by atoms with Crippen LogP contribution in [-0.4, -0.2) is 106 Å². The Labute approximate surface area is 341 Å². The summed E-state index contributed by atoms with van der Waals surface area (Å²) in [6.45, 7) is 8.64. The van der Waals surface area contributed by atoms with Crippen molar-refractivity contribution in [1.82, 2.24) is 35.4 Å². The van der Waals surface area contributed by atoms with Gasteiger partial charge in [-0.1, -0.05) is 27.2 Å². The minimum Gasteiger partial charge on any atom is -0.469 e. The zero-order chi connectivity index (χ0) is 42.3. The van der Waals surface area contributed by atoms with Gasteiger partial charge in [-0.3, -0.25) is 28.9 Å². The van der Waals surface area contributed by atoms with E-state index in [9.17, 15) is 37.1 Å². The lowest BCUT2D eigenvalue weighted by Gasteiger charge is -2.45. The topological polar surface area (TPSA) is 173 Å². The minimum absolute atomic E-state index is 0.0316. The van der Waals surface area contributed by atoms with Crippen molar-refractivity contribution >= 4 is 41.0 Å². The van der Waals surface area contributed by atoms with Gasteiger partial charge in [0.05, 0.1) is 24.6 Å². The molecule has 6 rings (SSSR count). The summed E-state index contributed by atoms with van der Waals surface area (Å²) in [6, 6.07) is -1.96. The summed E-state index contributed by atoms with van der Waals surface area (Å²) in [6.07, 6.45) is 2.26. The summed E-state index contributed by atoms with van der Waals surface area (Å²) in [7, 11) is 2.97. The number of thiazole rings is 1. The number of carbonyl (C=O) groups excluding carboxylic acids is 5. The maximum Gasteiger partial charge on any atom is 0.419 e. The summed E-state index contributed by atoms with van der Waals surface area (Å²) >= 11 is 1.12. The van der Waals surface area contributed by atoms with Gasteiger partial charge >= 0.3 is 18.1 Å². The maximum absolute atomic E-state index is 14.3. The van der Waals surface area contributed by atoms with Crippen molar-refractivity contribution in [2.75, 3.05) is 27.2 Å². The number of likely N-dealkylation sites (N-methyl/N-ethyl adjacent to an activating group) is 1. The number of piperidine rings is 3. The number of alkyl halides is 3. The number of methoxy groups -OCH3 is 1. The van der Waals surface area contributed by atoms with Crippen molar-refractivity contribution < 1.29 is 46.6 Å². The average molecular weight is 836 g/mol. The van der Waals surface area contributed by atoms with Crippen LogP contribution in [0, 0.1) is 23.7 Å². The van der Waals surface area contributed by atoms with Gasteiger partial charge in [0, 0.05) is 56.7 Å². The average Bonchev–Trinajstić information content (AvgIpc) is 3.67. The van der Waals surface area contributed by atoms with E-state index in [2.05, 4.69) is 30.5 Å². The number of aromatic nitrogens is 3. The fourth-order valence-corrected chi connectivity index (χ4v) is 9.07.